The second-order valence-electron chi connectivity index (χ2n) is 3.16. The van der Waals surface area contributed by atoms with Crippen molar-refractivity contribution in [3.8, 4) is 0 Å². The van der Waals surface area contributed by atoms with Gasteiger partial charge in [0.1, 0.15) is 0 Å². The lowest BCUT2D eigenvalue weighted by Gasteiger charge is -2.04. The van der Waals surface area contributed by atoms with Crippen molar-refractivity contribution in [2.45, 2.75) is 26.7 Å². The summed E-state index contributed by atoms with van der Waals surface area (Å²) >= 11 is 0. The molecule has 0 aromatic carbocycles. The Kier molecular flexibility index (Phi) is 7.30. The van der Waals surface area contributed by atoms with Crippen LogP contribution in [-0.4, -0.2) is 25.5 Å². The summed E-state index contributed by atoms with van der Waals surface area (Å²) in [6.45, 7) is 10.1. The highest BCUT2D eigenvalue weighted by Crippen LogP contribution is 1.91. The van der Waals surface area contributed by atoms with Gasteiger partial charge in [-0.1, -0.05) is 5.57 Å². The number of carbonyl (C=O) groups excluding carboxylic acids is 1. The second kappa shape index (κ2) is 7.80. The number of nitrogens with one attached hydrogen (secondary N) is 2. The number of carbonyl (C=O) groups is 1. The Balaban J connectivity index is 3.16. The van der Waals surface area contributed by atoms with Crippen molar-refractivity contribution >= 4 is 5.91 Å². The van der Waals surface area contributed by atoms with Crippen molar-refractivity contribution in [3.05, 3.63) is 12.2 Å². The second-order valence-corrected chi connectivity index (χ2v) is 3.16. The van der Waals surface area contributed by atoms with Gasteiger partial charge in [0.15, 0.2) is 0 Å². The van der Waals surface area contributed by atoms with E-state index >= 15 is 0 Å². The van der Waals surface area contributed by atoms with Crippen molar-refractivity contribution in [3.63, 3.8) is 0 Å². The van der Waals surface area contributed by atoms with Crippen LogP contribution in [0.15, 0.2) is 12.2 Å². The molecule has 0 heterocycles. The fourth-order valence-corrected chi connectivity index (χ4v) is 0.914. The molecule has 3 nitrogen and oxygen atoms in total. The summed E-state index contributed by atoms with van der Waals surface area (Å²) in [6, 6.07) is 0. The predicted octanol–water partition coefficient (Wildman–Crippen LogP) is 1.07. The predicted molar refractivity (Wildman–Crippen MR) is 55.6 cm³/mol. The molecule has 0 aliphatic heterocycles. The SMILES string of the molecule is C=C(C)CCNCCC(=O)NCC. The van der Waals surface area contributed by atoms with Gasteiger partial charge < -0.3 is 10.6 Å². The van der Waals surface area contributed by atoms with Gasteiger partial charge in [-0.15, -0.1) is 6.58 Å². The van der Waals surface area contributed by atoms with Crippen molar-refractivity contribution in [1.82, 2.24) is 10.6 Å². The van der Waals surface area contributed by atoms with Crippen LogP contribution in [-0.2, 0) is 4.79 Å². The normalized spacial score (nSPS) is 9.69. The Morgan fingerprint density at radius 1 is 1.31 bits per heavy atom. The summed E-state index contributed by atoms with van der Waals surface area (Å²) in [5.41, 5.74) is 1.17. The van der Waals surface area contributed by atoms with Crippen LogP contribution in [0.1, 0.15) is 26.7 Å². The molecular weight excluding hydrogens is 164 g/mol. The fraction of sp³-hybridized carbons (Fsp3) is 0.700. The third-order valence-corrected chi connectivity index (χ3v) is 1.63. The maximum atomic E-state index is 11.0. The lowest BCUT2D eigenvalue weighted by atomic mass is 10.2. The van der Waals surface area contributed by atoms with Gasteiger partial charge in [0.2, 0.25) is 5.91 Å². The molecule has 0 saturated carbocycles. The molecule has 0 atom stereocenters. The topological polar surface area (TPSA) is 41.1 Å². The third kappa shape index (κ3) is 9.08. The first-order valence-electron chi connectivity index (χ1n) is 4.78. The van der Waals surface area contributed by atoms with Gasteiger partial charge in [0.25, 0.3) is 0 Å². The molecule has 0 saturated heterocycles. The van der Waals surface area contributed by atoms with Gasteiger partial charge in [-0.05, 0) is 26.8 Å². The zero-order valence-corrected chi connectivity index (χ0v) is 8.65. The van der Waals surface area contributed by atoms with E-state index in [4.69, 9.17) is 0 Å². The number of hydrogen-bond acceptors (Lipinski definition) is 2. The Morgan fingerprint density at radius 2 is 1.92 bits per heavy atom. The standard InChI is InChI=1S/C10H20N2O/c1-4-12-10(13)6-8-11-7-5-9(2)3/h11H,2,4-8H2,1,3H3,(H,12,13). The van der Waals surface area contributed by atoms with Crippen LogP contribution >= 0.6 is 0 Å². The van der Waals surface area contributed by atoms with E-state index in [1.165, 1.54) is 5.57 Å². The van der Waals surface area contributed by atoms with Gasteiger partial charge in [-0.2, -0.15) is 0 Å². The molecule has 0 aliphatic rings. The van der Waals surface area contributed by atoms with Gasteiger partial charge in [-0.3, -0.25) is 4.79 Å². The monoisotopic (exact) mass is 184 g/mol. The zero-order chi connectivity index (χ0) is 10.1. The number of amides is 1. The minimum absolute atomic E-state index is 0.116. The lowest BCUT2D eigenvalue weighted by molar-refractivity contribution is -0.120. The molecule has 0 spiro atoms. The first-order valence-corrected chi connectivity index (χ1v) is 4.78. The van der Waals surface area contributed by atoms with E-state index in [0.29, 0.717) is 13.0 Å². The minimum atomic E-state index is 0.116. The zero-order valence-electron chi connectivity index (χ0n) is 8.65. The van der Waals surface area contributed by atoms with E-state index in [1.54, 1.807) is 0 Å². The highest BCUT2D eigenvalue weighted by atomic mass is 16.1. The molecule has 1 amide bonds. The smallest absolute Gasteiger partial charge is 0.221 e. The summed E-state index contributed by atoms with van der Waals surface area (Å²) in [5, 5.41) is 5.93. The molecule has 0 radical (unpaired) electrons. The van der Waals surface area contributed by atoms with Gasteiger partial charge >= 0.3 is 0 Å². The fourth-order valence-electron chi connectivity index (χ4n) is 0.914. The first kappa shape index (κ1) is 12.2. The van der Waals surface area contributed by atoms with E-state index < -0.39 is 0 Å². The van der Waals surface area contributed by atoms with Gasteiger partial charge in [0.05, 0.1) is 0 Å². The molecule has 2 N–H and O–H groups in total. The Labute approximate surface area is 80.6 Å². The van der Waals surface area contributed by atoms with E-state index in [2.05, 4.69) is 17.2 Å². The lowest BCUT2D eigenvalue weighted by Crippen LogP contribution is -2.27. The van der Waals surface area contributed by atoms with Crippen molar-refractivity contribution in [2.75, 3.05) is 19.6 Å². The maximum absolute atomic E-state index is 11.0. The average Bonchev–Trinajstić information content (AvgIpc) is 2.03. The molecule has 0 aromatic rings. The van der Waals surface area contributed by atoms with Crippen molar-refractivity contribution in [1.29, 1.82) is 0 Å². The Bertz CT molecular complexity index is 166. The third-order valence-electron chi connectivity index (χ3n) is 1.63. The van der Waals surface area contributed by atoms with E-state index in [0.717, 1.165) is 19.5 Å². The van der Waals surface area contributed by atoms with Crippen LogP contribution in [0.5, 0.6) is 0 Å². The molecule has 0 fully saturated rings. The summed E-state index contributed by atoms with van der Waals surface area (Å²) in [6.07, 6.45) is 1.54. The Morgan fingerprint density at radius 3 is 2.46 bits per heavy atom. The van der Waals surface area contributed by atoms with E-state index in [1.807, 2.05) is 13.8 Å². The minimum Gasteiger partial charge on any atom is -0.356 e. The summed E-state index contributed by atoms with van der Waals surface area (Å²) in [4.78, 5) is 11.0. The molecule has 3 heteroatoms. The van der Waals surface area contributed by atoms with Crippen LogP contribution in [0.4, 0.5) is 0 Å². The summed E-state index contributed by atoms with van der Waals surface area (Å²) in [5.74, 6) is 0.116. The average molecular weight is 184 g/mol. The van der Waals surface area contributed by atoms with Crippen LogP contribution in [0.25, 0.3) is 0 Å². The number of hydrogen-bond donors (Lipinski definition) is 2. The molecule has 13 heavy (non-hydrogen) atoms. The largest absolute Gasteiger partial charge is 0.356 e. The highest BCUT2D eigenvalue weighted by molar-refractivity contribution is 5.75. The van der Waals surface area contributed by atoms with Crippen LogP contribution < -0.4 is 10.6 Å². The molecule has 0 rings (SSSR count). The Hall–Kier alpha value is -0.830. The first-order chi connectivity index (χ1) is 6.16. The van der Waals surface area contributed by atoms with Crippen molar-refractivity contribution in [2.24, 2.45) is 0 Å². The molecule has 0 unspecified atom stereocenters. The molecule has 76 valence electrons. The maximum Gasteiger partial charge on any atom is 0.221 e. The summed E-state index contributed by atoms with van der Waals surface area (Å²) in [7, 11) is 0. The van der Waals surface area contributed by atoms with E-state index in [9.17, 15) is 4.79 Å². The molecular formula is C10H20N2O. The molecule has 0 bridgehead atoms. The highest BCUT2D eigenvalue weighted by Gasteiger charge is 1.97. The van der Waals surface area contributed by atoms with Crippen LogP contribution in [0.3, 0.4) is 0 Å². The van der Waals surface area contributed by atoms with Crippen LogP contribution in [0.2, 0.25) is 0 Å². The van der Waals surface area contributed by atoms with E-state index in [-0.39, 0.29) is 5.91 Å². The van der Waals surface area contributed by atoms with Crippen molar-refractivity contribution < 1.29 is 4.79 Å². The van der Waals surface area contributed by atoms with Gasteiger partial charge in [-0.25, -0.2) is 0 Å². The number of rotatable bonds is 7. The van der Waals surface area contributed by atoms with Crippen LogP contribution in [0, 0.1) is 0 Å². The quantitative estimate of drug-likeness (QED) is 0.459. The molecule has 0 aliphatic carbocycles. The van der Waals surface area contributed by atoms with Gasteiger partial charge in [0, 0.05) is 19.5 Å². The summed E-state index contributed by atoms with van der Waals surface area (Å²) < 4.78 is 0. The molecule has 0 aromatic heterocycles.